The minimum absolute atomic E-state index is 0.0521. The molecule has 4 nitrogen and oxygen atoms in total. The predicted octanol–water partition coefficient (Wildman–Crippen LogP) is 4.13. The summed E-state index contributed by atoms with van der Waals surface area (Å²) in [5, 5.41) is 6.16. The largest absolute Gasteiger partial charge is 0.356 e. The summed E-state index contributed by atoms with van der Waals surface area (Å²) in [4.78, 5) is 25.2. The Kier molecular flexibility index (Phi) is 8.06. The number of aryl methyl sites for hydroxylation is 2. The van der Waals surface area contributed by atoms with E-state index in [1.807, 2.05) is 0 Å². The van der Waals surface area contributed by atoms with Gasteiger partial charge in [-0.3, -0.25) is 9.59 Å². The fourth-order valence-corrected chi connectivity index (χ4v) is 4.35. The number of nitrogens with one attached hydrogen (secondary N) is 2. The zero-order valence-corrected chi connectivity index (χ0v) is 18.2. The fourth-order valence-electron chi connectivity index (χ4n) is 4.35. The standard InChI is InChI=1S/C26H34N2O2/c1-19-6-3-8-21(16-19)12-14-27-25(29)23-10-5-11-24(18-23)26(30)28-15-13-22-9-4-7-20(2)17-22/h3-4,6-9,16-17,23-24H,5,10-15,18H2,1-2H3,(H,27,29)(H,28,30). The second-order valence-corrected chi connectivity index (χ2v) is 8.62. The van der Waals surface area contributed by atoms with Gasteiger partial charge in [0.1, 0.15) is 0 Å². The van der Waals surface area contributed by atoms with Gasteiger partial charge in [-0.2, -0.15) is 0 Å². The van der Waals surface area contributed by atoms with Gasteiger partial charge in [0.15, 0.2) is 0 Å². The van der Waals surface area contributed by atoms with E-state index in [0.717, 1.165) is 32.1 Å². The maximum Gasteiger partial charge on any atom is 0.223 e. The Bertz CT molecular complexity index is 792. The molecule has 1 saturated carbocycles. The summed E-state index contributed by atoms with van der Waals surface area (Å²) in [6, 6.07) is 16.8. The first-order chi connectivity index (χ1) is 14.5. The maximum absolute atomic E-state index is 12.6. The Labute approximate surface area is 180 Å². The smallest absolute Gasteiger partial charge is 0.223 e. The molecule has 2 unspecified atom stereocenters. The van der Waals surface area contributed by atoms with Crippen LogP contribution in [0.1, 0.15) is 47.9 Å². The highest BCUT2D eigenvalue weighted by molar-refractivity contribution is 5.82. The van der Waals surface area contributed by atoms with E-state index in [4.69, 9.17) is 0 Å². The third-order valence-electron chi connectivity index (χ3n) is 6.01. The average Bonchev–Trinajstić information content (AvgIpc) is 2.74. The molecule has 2 N–H and O–H groups in total. The molecule has 3 rings (SSSR count). The van der Waals surface area contributed by atoms with Crippen molar-refractivity contribution in [3.8, 4) is 0 Å². The molecule has 2 amide bonds. The van der Waals surface area contributed by atoms with E-state index in [2.05, 4.69) is 73.0 Å². The van der Waals surface area contributed by atoms with Crippen LogP contribution < -0.4 is 10.6 Å². The van der Waals surface area contributed by atoms with Gasteiger partial charge in [0.2, 0.25) is 11.8 Å². The Hall–Kier alpha value is -2.62. The van der Waals surface area contributed by atoms with Gasteiger partial charge < -0.3 is 10.6 Å². The topological polar surface area (TPSA) is 58.2 Å². The summed E-state index contributed by atoms with van der Waals surface area (Å²) in [5.41, 5.74) is 4.96. The Balaban J connectivity index is 1.40. The van der Waals surface area contributed by atoms with Gasteiger partial charge in [0.05, 0.1) is 0 Å². The molecule has 0 heterocycles. The van der Waals surface area contributed by atoms with E-state index in [9.17, 15) is 9.59 Å². The third kappa shape index (κ3) is 6.72. The van der Waals surface area contributed by atoms with Gasteiger partial charge in [0.25, 0.3) is 0 Å². The predicted molar refractivity (Wildman–Crippen MR) is 121 cm³/mol. The lowest BCUT2D eigenvalue weighted by Crippen LogP contribution is -2.39. The first kappa shape index (κ1) is 22.1. The lowest BCUT2D eigenvalue weighted by molar-refractivity contribution is -0.130. The SMILES string of the molecule is Cc1cccc(CCNC(=O)C2CCCC(C(=O)NCCc3cccc(C)c3)C2)c1. The summed E-state index contributed by atoms with van der Waals surface area (Å²) < 4.78 is 0. The van der Waals surface area contributed by atoms with E-state index in [1.165, 1.54) is 22.3 Å². The van der Waals surface area contributed by atoms with Crippen molar-refractivity contribution in [1.29, 1.82) is 0 Å². The van der Waals surface area contributed by atoms with Crippen molar-refractivity contribution in [2.24, 2.45) is 11.8 Å². The molecule has 0 radical (unpaired) electrons. The fraction of sp³-hybridized carbons (Fsp3) is 0.462. The molecule has 0 aromatic heterocycles. The van der Waals surface area contributed by atoms with Gasteiger partial charge >= 0.3 is 0 Å². The van der Waals surface area contributed by atoms with E-state index >= 15 is 0 Å². The Morgan fingerprint density at radius 2 is 1.27 bits per heavy atom. The number of carbonyl (C=O) groups is 2. The zero-order valence-electron chi connectivity index (χ0n) is 18.2. The molecule has 1 aliphatic carbocycles. The van der Waals surface area contributed by atoms with Crippen molar-refractivity contribution in [1.82, 2.24) is 10.6 Å². The summed E-state index contributed by atoms with van der Waals surface area (Å²) in [5.74, 6) is 0.0902. The molecule has 1 fully saturated rings. The van der Waals surface area contributed by atoms with Crippen LogP contribution in [-0.2, 0) is 22.4 Å². The minimum atomic E-state index is -0.0521. The van der Waals surface area contributed by atoms with Gasteiger partial charge in [-0.25, -0.2) is 0 Å². The van der Waals surface area contributed by atoms with Gasteiger partial charge in [-0.1, -0.05) is 66.1 Å². The Morgan fingerprint density at radius 1 is 0.800 bits per heavy atom. The molecule has 0 spiro atoms. The highest BCUT2D eigenvalue weighted by atomic mass is 16.2. The monoisotopic (exact) mass is 406 g/mol. The first-order valence-electron chi connectivity index (χ1n) is 11.2. The average molecular weight is 407 g/mol. The molecule has 30 heavy (non-hydrogen) atoms. The molecule has 2 aromatic carbocycles. The van der Waals surface area contributed by atoms with E-state index in [-0.39, 0.29) is 23.7 Å². The van der Waals surface area contributed by atoms with Crippen LogP contribution in [0.3, 0.4) is 0 Å². The zero-order chi connectivity index (χ0) is 21.3. The Morgan fingerprint density at radius 3 is 1.70 bits per heavy atom. The minimum Gasteiger partial charge on any atom is -0.356 e. The maximum atomic E-state index is 12.6. The van der Waals surface area contributed by atoms with E-state index in [0.29, 0.717) is 19.5 Å². The number of amides is 2. The molecular weight excluding hydrogens is 372 g/mol. The number of carbonyl (C=O) groups excluding carboxylic acids is 2. The summed E-state index contributed by atoms with van der Waals surface area (Å²) in [7, 11) is 0. The quantitative estimate of drug-likeness (QED) is 0.693. The van der Waals surface area contributed by atoms with Crippen LogP contribution in [0.25, 0.3) is 0 Å². The molecule has 0 aliphatic heterocycles. The number of hydrogen-bond acceptors (Lipinski definition) is 2. The van der Waals surface area contributed by atoms with Crippen molar-refractivity contribution in [2.75, 3.05) is 13.1 Å². The van der Waals surface area contributed by atoms with Crippen molar-refractivity contribution < 1.29 is 9.59 Å². The van der Waals surface area contributed by atoms with Crippen LogP contribution in [0.15, 0.2) is 48.5 Å². The number of hydrogen-bond donors (Lipinski definition) is 2. The van der Waals surface area contributed by atoms with Crippen molar-refractivity contribution >= 4 is 11.8 Å². The van der Waals surface area contributed by atoms with E-state index < -0.39 is 0 Å². The second-order valence-electron chi connectivity index (χ2n) is 8.62. The van der Waals surface area contributed by atoms with Crippen molar-refractivity contribution in [3.05, 3.63) is 70.8 Å². The molecule has 0 saturated heterocycles. The van der Waals surface area contributed by atoms with Crippen molar-refractivity contribution in [3.63, 3.8) is 0 Å². The highest BCUT2D eigenvalue weighted by Gasteiger charge is 2.30. The van der Waals surface area contributed by atoms with Gasteiger partial charge in [0, 0.05) is 24.9 Å². The molecule has 4 heteroatoms. The van der Waals surface area contributed by atoms with Crippen LogP contribution in [0.5, 0.6) is 0 Å². The second kappa shape index (κ2) is 11.0. The first-order valence-corrected chi connectivity index (χ1v) is 11.2. The molecular formula is C26H34N2O2. The van der Waals surface area contributed by atoms with Crippen molar-refractivity contribution in [2.45, 2.75) is 52.4 Å². The third-order valence-corrected chi connectivity index (χ3v) is 6.01. The van der Waals surface area contributed by atoms with Crippen LogP contribution in [0, 0.1) is 25.7 Å². The van der Waals surface area contributed by atoms with Crippen LogP contribution in [-0.4, -0.2) is 24.9 Å². The molecule has 2 atom stereocenters. The lowest BCUT2D eigenvalue weighted by atomic mass is 9.80. The van der Waals surface area contributed by atoms with Gasteiger partial charge in [-0.05, 0) is 57.1 Å². The summed E-state index contributed by atoms with van der Waals surface area (Å²) in [6.07, 6.45) is 5.03. The highest BCUT2D eigenvalue weighted by Crippen LogP contribution is 2.29. The molecule has 0 bridgehead atoms. The summed E-state index contributed by atoms with van der Waals surface area (Å²) >= 11 is 0. The number of benzene rings is 2. The van der Waals surface area contributed by atoms with Crippen LogP contribution in [0.2, 0.25) is 0 Å². The molecule has 160 valence electrons. The normalized spacial score (nSPS) is 18.6. The summed E-state index contributed by atoms with van der Waals surface area (Å²) in [6.45, 7) is 5.45. The molecule has 2 aromatic rings. The van der Waals surface area contributed by atoms with Crippen LogP contribution >= 0.6 is 0 Å². The van der Waals surface area contributed by atoms with Gasteiger partial charge in [-0.15, -0.1) is 0 Å². The lowest BCUT2D eigenvalue weighted by Gasteiger charge is -2.27. The molecule has 1 aliphatic rings. The van der Waals surface area contributed by atoms with E-state index in [1.54, 1.807) is 0 Å². The number of rotatable bonds is 8. The van der Waals surface area contributed by atoms with Crippen LogP contribution in [0.4, 0.5) is 0 Å².